The summed E-state index contributed by atoms with van der Waals surface area (Å²) in [4.78, 5) is 45.2. The van der Waals surface area contributed by atoms with Crippen LogP contribution in [-0.2, 0) is 30.3 Å². The molecule has 0 aromatic heterocycles. The zero-order chi connectivity index (χ0) is 28.0. The van der Waals surface area contributed by atoms with Gasteiger partial charge in [-0.25, -0.2) is 0 Å². The summed E-state index contributed by atoms with van der Waals surface area (Å²) in [5.74, 6) is -2.60. The number of unbranched alkanes of at least 4 members (excludes halogenated alkanes) is 2. The highest BCUT2D eigenvalue weighted by molar-refractivity contribution is 5.98. The van der Waals surface area contributed by atoms with Crippen molar-refractivity contribution in [1.82, 2.24) is 9.80 Å². The lowest BCUT2D eigenvalue weighted by atomic mass is 9.70. The average molecular weight is 539 g/mol. The number of esters is 1. The van der Waals surface area contributed by atoms with Crippen LogP contribution >= 0.6 is 0 Å². The molecular formula is C31H42N2O6. The molecule has 0 aliphatic carbocycles. The first-order chi connectivity index (χ1) is 18.9. The maximum atomic E-state index is 14.4. The topological polar surface area (TPSA) is 96.4 Å². The normalized spacial score (nSPS) is 27.7. The van der Waals surface area contributed by atoms with Gasteiger partial charge < -0.3 is 24.4 Å². The van der Waals surface area contributed by atoms with Gasteiger partial charge in [0, 0.05) is 13.1 Å². The van der Waals surface area contributed by atoms with Crippen molar-refractivity contribution in [3.8, 4) is 0 Å². The Labute approximate surface area is 231 Å². The molecular weight excluding hydrogens is 496 g/mol. The molecule has 6 atom stereocenters. The fourth-order valence-corrected chi connectivity index (χ4v) is 6.68. The molecule has 2 bridgehead atoms. The summed E-state index contributed by atoms with van der Waals surface area (Å²) in [5.41, 5.74) is -0.184. The fourth-order valence-electron chi connectivity index (χ4n) is 6.68. The van der Waals surface area contributed by atoms with E-state index in [0.29, 0.717) is 38.8 Å². The molecule has 3 aliphatic heterocycles. The van der Waals surface area contributed by atoms with Crippen LogP contribution in [0.2, 0.25) is 0 Å². The fraction of sp³-hybridized carbons (Fsp3) is 0.581. The molecule has 1 spiro atoms. The Balaban J connectivity index is 1.72. The van der Waals surface area contributed by atoms with Gasteiger partial charge in [0.2, 0.25) is 11.8 Å². The van der Waals surface area contributed by atoms with Crippen LogP contribution in [0, 0.1) is 11.8 Å². The molecule has 3 heterocycles. The van der Waals surface area contributed by atoms with E-state index in [0.717, 1.165) is 24.8 Å². The minimum atomic E-state index is -1.13. The predicted molar refractivity (Wildman–Crippen MR) is 148 cm³/mol. The molecule has 1 aromatic rings. The zero-order valence-corrected chi connectivity index (χ0v) is 23.0. The van der Waals surface area contributed by atoms with Crippen LogP contribution in [0.1, 0.15) is 51.0 Å². The Hall–Kier alpha value is -2.97. The summed E-state index contributed by atoms with van der Waals surface area (Å²) in [7, 11) is 0. The number of aliphatic hydroxyl groups excluding tert-OH is 1. The number of aliphatic hydroxyl groups is 1. The number of nitrogens with zero attached hydrogens (tertiary/aromatic N) is 2. The van der Waals surface area contributed by atoms with Crippen molar-refractivity contribution in [2.45, 2.75) is 75.7 Å². The number of hydrogen-bond donors (Lipinski definition) is 1. The number of likely N-dealkylation sites (tertiary alicyclic amines) is 1. The summed E-state index contributed by atoms with van der Waals surface area (Å²) in [6, 6.07) is 8.03. The van der Waals surface area contributed by atoms with Gasteiger partial charge in [0.05, 0.1) is 37.2 Å². The summed E-state index contributed by atoms with van der Waals surface area (Å²) in [5, 5.41) is 10.6. The van der Waals surface area contributed by atoms with Crippen LogP contribution in [0.5, 0.6) is 0 Å². The molecule has 1 N–H and O–H groups in total. The second kappa shape index (κ2) is 12.9. The number of rotatable bonds is 15. The van der Waals surface area contributed by atoms with Crippen molar-refractivity contribution in [3.63, 3.8) is 0 Å². The van der Waals surface area contributed by atoms with E-state index < -0.39 is 41.6 Å². The summed E-state index contributed by atoms with van der Waals surface area (Å²) < 4.78 is 12.0. The quantitative estimate of drug-likeness (QED) is 0.209. The monoisotopic (exact) mass is 538 g/mol. The maximum Gasteiger partial charge on any atom is 0.312 e. The molecule has 2 unspecified atom stereocenters. The first kappa shape index (κ1) is 29.0. The highest BCUT2D eigenvalue weighted by Crippen LogP contribution is 2.59. The minimum absolute atomic E-state index is 0.184. The number of fused-ring (bicyclic) bond motifs is 1. The first-order valence-electron chi connectivity index (χ1n) is 14.2. The van der Waals surface area contributed by atoms with Crippen LogP contribution in [0.15, 0.2) is 55.6 Å². The standard InChI is InChI=1S/C31H42N2O6/c1-4-7-12-18-32(17-6-3)29(36)27-31-16-15-24(39-31)25(30(37)38-19-8-5-2)26(31)28(35)33(27)23(21-34)20-22-13-10-9-11-14-22/h5-6,9-11,13-14,23-27,34H,2-4,7-8,12,15-21H2,1H3/t23-,24-,25+,26+,27?,31?/m1/s1. The second-order valence-corrected chi connectivity index (χ2v) is 10.9. The molecule has 39 heavy (non-hydrogen) atoms. The van der Waals surface area contributed by atoms with Gasteiger partial charge in [-0.1, -0.05) is 62.2 Å². The third-order valence-corrected chi connectivity index (χ3v) is 8.42. The Bertz CT molecular complexity index is 1040. The van der Waals surface area contributed by atoms with Crippen LogP contribution in [-0.4, -0.2) is 82.8 Å². The van der Waals surface area contributed by atoms with Gasteiger partial charge >= 0.3 is 5.97 Å². The van der Waals surface area contributed by atoms with Crippen LogP contribution in [0.4, 0.5) is 0 Å². The van der Waals surface area contributed by atoms with Gasteiger partial charge in [-0.15, -0.1) is 13.2 Å². The number of ether oxygens (including phenoxy) is 2. The first-order valence-corrected chi connectivity index (χ1v) is 14.2. The van der Waals surface area contributed by atoms with Gasteiger partial charge in [-0.2, -0.15) is 0 Å². The molecule has 0 saturated carbocycles. The van der Waals surface area contributed by atoms with E-state index in [2.05, 4.69) is 20.1 Å². The van der Waals surface area contributed by atoms with Gasteiger partial charge in [0.15, 0.2) is 0 Å². The van der Waals surface area contributed by atoms with Crippen molar-refractivity contribution in [2.24, 2.45) is 11.8 Å². The van der Waals surface area contributed by atoms with Gasteiger partial charge in [0.25, 0.3) is 0 Å². The minimum Gasteiger partial charge on any atom is -0.465 e. The largest absolute Gasteiger partial charge is 0.465 e. The van der Waals surface area contributed by atoms with Crippen LogP contribution in [0.25, 0.3) is 0 Å². The van der Waals surface area contributed by atoms with Gasteiger partial charge in [-0.3, -0.25) is 14.4 Å². The molecule has 4 rings (SSSR count). The summed E-state index contributed by atoms with van der Waals surface area (Å²) in [6.07, 6.45) is 7.69. The third-order valence-electron chi connectivity index (χ3n) is 8.42. The van der Waals surface area contributed by atoms with E-state index in [1.165, 1.54) is 0 Å². The second-order valence-electron chi connectivity index (χ2n) is 10.9. The lowest BCUT2D eigenvalue weighted by molar-refractivity contribution is -0.156. The van der Waals surface area contributed by atoms with Crippen molar-refractivity contribution < 1.29 is 29.0 Å². The van der Waals surface area contributed by atoms with Crippen LogP contribution < -0.4 is 0 Å². The average Bonchev–Trinajstić information content (AvgIpc) is 3.59. The van der Waals surface area contributed by atoms with Crippen LogP contribution in [0.3, 0.4) is 0 Å². The zero-order valence-electron chi connectivity index (χ0n) is 23.0. The number of benzene rings is 1. The van der Waals surface area contributed by atoms with Crippen molar-refractivity contribution in [3.05, 3.63) is 61.2 Å². The van der Waals surface area contributed by atoms with Crippen molar-refractivity contribution in [2.75, 3.05) is 26.3 Å². The molecule has 3 aliphatic rings. The number of carbonyl (C=O) groups is 3. The van der Waals surface area contributed by atoms with Crippen molar-refractivity contribution in [1.29, 1.82) is 0 Å². The lowest BCUT2D eigenvalue weighted by Gasteiger charge is -2.39. The number of amides is 2. The highest BCUT2D eigenvalue weighted by Gasteiger charge is 2.75. The lowest BCUT2D eigenvalue weighted by Crippen LogP contribution is -2.59. The Morgan fingerprint density at radius 3 is 2.69 bits per heavy atom. The van der Waals surface area contributed by atoms with Gasteiger partial charge in [-0.05, 0) is 37.7 Å². The highest BCUT2D eigenvalue weighted by atomic mass is 16.6. The Kier molecular flexibility index (Phi) is 9.62. The van der Waals surface area contributed by atoms with Gasteiger partial charge in [0.1, 0.15) is 11.6 Å². The van der Waals surface area contributed by atoms with E-state index in [4.69, 9.17) is 9.47 Å². The maximum absolute atomic E-state index is 14.4. The molecule has 1 aromatic carbocycles. The molecule has 2 amide bonds. The molecule has 8 nitrogen and oxygen atoms in total. The predicted octanol–water partition coefficient (Wildman–Crippen LogP) is 3.29. The van der Waals surface area contributed by atoms with E-state index in [9.17, 15) is 19.5 Å². The Morgan fingerprint density at radius 1 is 1.26 bits per heavy atom. The SMILES string of the molecule is C=CCCOC(=O)[C@@H]1[C@H]2C(=O)N([C@@H](CO)Cc3ccccc3)C(C(=O)N(CC=C)CCCCC)C23CC[C@H]1O3. The number of hydrogen-bond acceptors (Lipinski definition) is 6. The molecule has 0 radical (unpaired) electrons. The molecule has 212 valence electrons. The molecule has 3 fully saturated rings. The smallest absolute Gasteiger partial charge is 0.312 e. The van der Waals surface area contributed by atoms with Crippen molar-refractivity contribution >= 4 is 17.8 Å². The van der Waals surface area contributed by atoms with E-state index in [1.807, 2.05) is 30.3 Å². The summed E-state index contributed by atoms with van der Waals surface area (Å²) >= 11 is 0. The van der Waals surface area contributed by atoms with E-state index in [1.54, 1.807) is 22.0 Å². The molecule has 3 saturated heterocycles. The third kappa shape index (κ3) is 5.54. The number of carbonyl (C=O) groups excluding carboxylic acids is 3. The molecule has 8 heteroatoms. The summed E-state index contributed by atoms with van der Waals surface area (Å²) in [6.45, 7) is 10.4. The van der Waals surface area contributed by atoms with E-state index >= 15 is 0 Å². The van der Waals surface area contributed by atoms with E-state index in [-0.39, 0.29) is 25.0 Å². The Morgan fingerprint density at radius 2 is 2.03 bits per heavy atom.